The molecule has 0 aliphatic carbocycles. The standard InChI is InChI=1S/C20H26N6O2/c1-23-19(27)8-7-18(22-23)26-10-4-5-16(15-26)20(28)25-13-11-24(12-14-25)17-6-2-3-9-21-17/h2-3,6-9,16H,4-5,10-15H2,1H3. The van der Waals surface area contributed by atoms with Crippen LogP contribution in [-0.4, -0.2) is 64.8 Å². The number of amides is 1. The normalized spacial score (nSPS) is 20.3. The molecule has 0 N–H and O–H groups in total. The van der Waals surface area contributed by atoms with E-state index < -0.39 is 0 Å². The molecule has 0 saturated carbocycles. The Bertz CT molecular complexity index is 876. The predicted octanol–water partition coefficient (Wildman–Crippen LogP) is 0.740. The van der Waals surface area contributed by atoms with Crippen LogP contribution in [-0.2, 0) is 11.8 Å². The van der Waals surface area contributed by atoms with E-state index in [9.17, 15) is 9.59 Å². The van der Waals surface area contributed by atoms with Gasteiger partial charge in [-0.3, -0.25) is 9.59 Å². The lowest BCUT2D eigenvalue weighted by Crippen LogP contribution is -2.53. The van der Waals surface area contributed by atoms with E-state index in [0.717, 1.165) is 57.2 Å². The molecule has 2 aromatic rings. The highest BCUT2D eigenvalue weighted by atomic mass is 16.2. The lowest BCUT2D eigenvalue weighted by molar-refractivity contribution is -0.136. The smallest absolute Gasteiger partial charge is 0.266 e. The summed E-state index contributed by atoms with van der Waals surface area (Å²) in [5.41, 5.74) is -0.126. The van der Waals surface area contributed by atoms with E-state index in [-0.39, 0.29) is 17.4 Å². The zero-order valence-corrected chi connectivity index (χ0v) is 16.2. The number of aromatic nitrogens is 3. The van der Waals surface area contributed by atoms with Gasteiger partial charge < -0.3 is 14.7 Å². The Morgan fingerprint density at radius 1 is 1.00 bits per heavy atom. The van der Waals surface area contributed by atoms with Gasteiger partial charge in [-0.25, -0.2) is 9.67 Å². The van der Waals surface area contributed by atoms with Crippen LogP contribution in [0, 0.1) is 5.92 Å². The highest BCUT2D eigenvalue weighted by Crippen LogP contribution is 2.23. The molecule has 0 aromatic carbocycles. The molecule has 28 heavy (non-hydrogen) atoms. The van der Waals surface area contributed by atoms with Crippen molar-refractivity contribution in [3.63, 3.8) is 0 Å². The number of hydrogen-bond acceptors (Lipinski definition) is 6. The Morgan fingerprint density at radius 2 is 1.82 bits per heavy atom. The van der Waals surface area contributed by atoms with Crippen LogP contribution in [0.25, 0.3) is 0 Å². The second-order valence-electron chi connectivity index (χ2n) is 7.44. The van der Waals surface area contributed by atoms with Crippen molar-refractivity contribution in [2.45, 2.75) is 12.8 Å². The van der Waals surface area contributed by atoms with Crippen molar-refractivity contribution >= 4 is 17.5 Å². The van der Waals surface area contributed by atoms with Gasteiger partial charge in [-0.15, -0.1) is 0 Å². The fourth-order valence-electron chi connectivity index (χ4n) is 4.00. The number of pyridine rings is 1. The second-order valence-corrected chi connectivity index (χ2v) is 7.44. The van der Waals surface area contributed by atoms with Crippen LogP contribution in [0.4, 0.5) is 11.6 Å². The number of anilines is 2. The largest absolute Gasteiger partial charge is 0.354 e. The Kier molecular flexibility index (Phi) is 5.27. The number of carbonyl (C=O) groups excluding carboxylic acids is 1. The van der Waals surface area contributed by atoms with Crippen molar-refractivity contribution in [3.8, 4) is 0 Å². The first-order chi connectivity index (χ1) is 13.6. The van der Waals surface area contributed by atoms with Crippen LogP contribution < -0.4 is 15.4 Å². The van der Waals surface area contributed by atoms with E-state index in [4.69, 9.17) is 0 Å². The number of piperidine rings is 1. The van der Waals surface area contributed by atoms with Gasteiger partial charge >= 0.3 is 0 Å². The Balaban J connectivity index is 1.37. The molecule has 2 fully saturated rings. The monoisotopic (exact) mass is 382 g/mol. The third-order valence-corrected chi connectivity index (χ3v) is 5.61. The minimum absolute atomic E-state index is 0.0193. The van der Waals surface area contributed by atoms with E-state index in [2.05, 4.69) is 19.9 Å². The molecule has 2 saturated heterocycles. The number of carbonyl (C=O) groups is 1. The number of aryl methyl sites for hydroxylation is 1. The molecule has 4 rings (SSSR count). The molecule has 0 radical (unpaired) electrons. The third kappa shape index (κ3) is 3.85. The zero-order chi connectivity index (χ0) is 19.5. The lowest BCUT2D eigenvalue weighted by Gasteiger charge is -2.39. The van der Waals surface area contributed by atoms with E-state index >= 15 is 0 Å². The molecular formula is C20H26N6O2. The van der Waals surface area contributed by atoms with E-state index in [1.165, 1.54) is 10.7 Å². The van der Waals surface area contributed by atoms with Crippen LogP contribution in [0.15, 0.2) is 41.3 Å². The summed E-state index contributed by atoms with van der Waals surface area (Å²) >= 11 is 0. The number of hydrogen-bond donors (Lipinski definition) is 0. The van der Waals surface area contributed by atoms with Crippen LogP contribution in [0.2, 0.25) is 0 Å². The second kappa shape index (κ2) is 8.00. The van der Waals surface area contributed by atoms with Crippen LogP contribution in [0.1, 0.15) is 12.8 Å². The summed E-state index contributed by atoms with van der Waals surface area (Å²) in [5, 5.41) is 4.34. The molecule has 148 valence electrons. The summed E-state index contributed by atoms with van der Waals surface area (Å²) in [5.74, 6) is 1.95. The van der Waals surface area contributed by atoms with Crippen molar-refractivity contribution in [3.05, 3.63) is 46.9 Å². The fourth-order valence-corrected chi connectivity index (χ4v) is 4.00. The fraction of sp³-hybridized carbons (Fsp3) is 0.500. The van der Waals surface area contributed by atoms with Gasteiger partial charge in [-0.2, -0.15) is 5.10 Å². The van der Waals surface area contributed by atoms with Gasteiger partial charge in [0.2, 0.25) is 5.91 Å². The number of nitrogens with zero attached hydrogens (tertiary/aromatic N) is 6. The number of piperazine rings is 1. The van der Waals surface area contributed by atoms with E-state index in [1.807, 2.05) is 23.1 Å². The Labute approximate surface area is 164 Å². The van der Waals surface area contributed by atoms with Gasteiger partial charge in [0, 0.05) is 58.6 Å². The predicted molar refractivity (Wildman–Crippen MR) is 107 cm³/mol. The molecule has 0 spiro atoms. The quantitative estimate of drug-likeness (QED) is 0.780. The number of rotatable bonds is 3. The molecule has 1 atom stereocenters. The topological polar surface area (TPSA) is 74.6 Å². The average Bonchev–Trinajstić information content (AvgIpc) is 2.76. The third-order valence-electron chi connectivity index (χ3n) is 5.61. The summed E-state index contributed by atoms with van der Waals surface area (Å²) in [4.78, 5) is 35.4. The zero-order valence-electron chi connectivity index (χ0n) is 16.2. The maximum absolute atomic E-state index is 13.1. The minimum atomic E-state index is -0.126. The first-order valence-electron chi connectivity index (χ1n) is 9.86. The van der Waals surface area contributed by atoms with E-state index in [1.54, 1.807) is 19.3 Å². The maximum Gasteiger partial charge on any atom is 0.266 e. The molecule has 1 amide bonds. The Morgan fingerprint density at radius 3 is 2.54 bits per heavy atom. The molecule has 8 nitrogen and oxygen atoms in total. The van der Waals surface area contributed by atoms with Crippen LogP contribution >= 0.6 is 0 Å². The summed E-state index contributed by atoms with van der Waals surface area (Å²) in [6, 6.07) is 9.20. The molecule has 2 aromatic heterocycles. The molecule has 1 unspecified atom stereocenters. The molecule has 2 aliphatic heterocycles. The van der Waals surface area contributed by atoms with Crippen molar-refractivity contribution in [2.24, 2.45) is 13.0 Å². The highest BCUT2D eigenvalue weighted by Gasteiger charge is 2.31. The lowest BCUT2D eigenvalue weighted by atomic mass is 9.96. The minimum Gasteiger partial charge on any atom is -0.354 e. The highest BCUT2D eigenvalue weighted by molar-refractivity contribution is 5.80. The summed E-state index contributed by atoms with van der Waals surface area (Å²) in [6.45, 7) is 4.59. The van der Waals surface area contributed by atoms with Crippen molar-refractivity contribution in [1.29, 1.82) is 0 Å². The molecular weight excluding hydrogens is 356 g/mol. The van der Waals surface area contributed by atoms with Crippen molar-refractivity contribution in [1.82, 2.24) is 19.7 Å². The summed E-state index contributed by atoms with van der Waals surface area (Å²) in [6.07, 6.45) is 3.66. The first-order valence-corrected chi connectivity index (χ1v) is 9.86. The maximum atomic E-state index is 13.1. The average molecular weight is 382 g/mol. The van der Waals surface area contributed by atoms with Gasteiger partial charge in [0.1, 0.15) is 11.6 Å². The Hall–Kier alpha value is -2.90. The SMILES string of the molecule is Cn1nc(N2CCCC(C(=O)N3CCN(c4ccccn4)CC3)C2)ccc1=O. The molecule has 0 bridgehead atoms. The van der Waals surface area contributed by atoms with Gasteiger partial charge in [0.05, 0.1) is 5.92 Å². The van der Waals surface area contributed by atoms with Crippen LogP contribution in [0.5, 0.6) is 0 Å². The van der Waals surface area contributed by atoms with E-state index in [0.29, 0.717) is 6.54 Å². The summed E-state index contributed by atoms with van der Waals surface area (Å²) < 4.78 is 1.34. The van der Waals surface area contributed by atoms with Crippen LogP contribution in [0.3, 0.4) is 0 Å². The molecule has 2 aliphatic rings. The molecule has 8 heteroatoms. The van der Waals surface area contributed by atoms with Gasteiger partial charge in [0.25, 0.3) is 5.56 Å². The molecule has 4 heterocycles. The van der Waals surface area contributed by atoms with Crippen molar-refractivity contribution < 1.29 is 4.79 Å². The first kappa shape index (κ1) is 18.5. The van der Waals surface area contributed by atoms with Gasteiger partial charge in [-0.1, -0.05) is 6.07 Å². The van der Waals surface area contributed by atoms with Gasteiger partial charge in [-0.05, 0) is 31.0 Å². The van der Waals surface area contributed by atoms with Crippen molar-refractivity contribution in [2.75, 3.05) is 49.1 Å². The summed E-state index contributed by atoms with van der Waals surface area (Å²) in [7, 11) is 1.65. The van der Waals surface area contributed by atoms with Gasteiger partial charge in [0.15, 0.2) is 0 Å².